The van der Waals surface area contributed by atoms with E-state index in [9.17, 15) is 21.6 Å². The molecular formula is C7H17F3O3SSi. The molecule has 0 rings (SSSR count). The monoisotopic (exact) mass is 266 g/mol. The summed E-state index contributed by atoms with van der Waals surface area (Å²) >= 11 is 0. The van der Waals surface area contributed by atoms with Crippen LogP contribution in [0.5, 0.6) is 0 Å². The third-order valence-corrected chi connectivity index (χ3v) is 1.93. The van der Waals surface area contributed by atoms with E-state index in [1.54, 1.807) is 0 Å². The summed E-state index contributed by atoms with van der Waals surface area (Å²) in [7, 11) is -5.04. The van der Waals surface area contributed by atoms with Crippen molar-refractivity contribution < 1.29 is 25.8 Å². The van der Waals surface area contributed by atoms with Crippen LogP contribution in [0.3, 0.4) is 0 Å². The average molecular weight is 266 g/mol. The molecule has 0 aliphatic rings. The van der Waals surface area contributed by atoms with Gasteiger partial charge in [0.2, 0.25) is 0 Å². The summed E-state index contributed by atoms with van der Waals surface area (Å²) in [5.74, 6) is 0. The van der Waals surface area contributed by atoms with E-state index < -0.39 is 21.2 Å². The molecule has 0 saturated heterocycles. The Morgan fingerprint density at radius 2 is 1.33 bits per heavy atom. The molecule has 8 heteroatoms. The molecular weight excluding hydrogens is 249 g/mol. The maximum absolute atomic E-state index is 11.7. The lowest BCUT2D eigenvalue weighted by Crippen LogP contribution is -2.33. The summed E-state index contributed by atoms with van der Waals surface area (Å²) in [6, 6.07) is 0. The van der Waals surface area contributed by atoms with Gasteiger partial charge >= 0.3 is 15.6 Å². The summed E-state index contributed by atoms with van der Waals surface area (Å²) in [5.41, 5.74) is -6.71. The fourth-order valence-electron chi connectivity index (χ4n) is 0.376. The van der Waals surface area contributed by atoms with Gasteiger partial charge in [0.25, 0.3) is 0 Å². The Labute approximate surface area is 91.0 Å². The molecule has 94 valence electrons. The number of alkyl halides is 3. The van der Waals surface area contributed by atoms with Gasteiger partial charge in [-0.2, -0.15) is 21.6 Å². The summed E-state index contributed by atoms with van der Waals surface area (Å²) in [6.07, 6.45) is 0. The second kappa shape index (κ2) is 5.85. The highest BCUT2D eigenvalue weighted by Gasteiger charge is 2.49. The van der Waals surface area contributed by atoms with Crippen molar-refractivity contribution in [2.75, 3.05) is 0 Å². The fraction of sp³-hybridized carbons (Fsp3) is 1.00. The van der Waals surface area contributed by atoms with Gasteiger partial charge in [0.15, 0.2) is 0 Å². The molecule has 0 bridgehead atoms. The molecule has 3 nitrogen and oxygen atoms in total. The van der Waals surface area contributed by atoms with Gasteiger partial charge in [0, 0.05) is 9.52 Å². The fourth-order valence-corrected chi connectivity index (χ4v) is 1.13. The van der Waals surface area contributed by atoms with Crippen LogP contribution in [-0.4, -0.2) is 29.0 Å². The first-order chi connectivity index (χ1) is 6.37. The lowest BCUT2D eigenvalue weighted by atomic mass is 10.2. The largest absolute Gasteiger partial charge is 0.523 e. The van der Waals surface area contributed by atoms with Crippen LogP contribution in [0.25, 0.3) is 0 Å². The van der Waals surface area contributed by atoms with Gasteiger partial charge in [-0.05, 0) is 20.8 Å². The second-order valence-electron chi connectivity index (χ2n) is 3.80. The number of halogens is 3. The van der Waals surface area contributed by atoms with Crippen molar-refractivity contribution in [2.45, 2.75) is 45.0 Å². The standard InChI is InChI=1S/C5H9F3O3S.C2H8Si/c1-4(2,3)11-12(9,10)5(6,7)8;1-3-2/h1-3H3;3H2,1-2H3. The first-order valence-electron chi connectivity index (χ1n) is 4.39. The Bertz CT molecular complexity index is 266. The van der Waals surface area contributed by atoms with Crippen LogP contribution in [0.2, 0.25) is 13.1 Å². The maximum atomic E-state index is 11.7. The third kappa shape index (κ3) is 8.88. The van der Waals surface area contributed by atoms with E-state index in [1.807, 2.05) is 0 Å². The van der Waals surface area contributed by atoms with E-state index in [0.717, 1.165) is 0 Å². The molecule has 0 spiro atoms. The average Bonchev–Trinajstić information content (AvgIpc) is 1.79. The SMILES string of the molecule is CC(C)(C)OS(=O)(=O)C(F)(F)F.C[SiH2]C. The van der Waals surface area contributed by atoms with Gasteiger partial charge in [-0.1, -0.05) is 13.1 Å². The molecule has 0 unspecified atom stereocenters. The van der Waals surface area contributed by atoms with Gasteiger partial charge in [-0.15, -0.1) is 0 Å². The zero-order valence-corrected chi connectivity index (χ0v) is 11.7. The molecule has 0 aromatic heterocycles. The van der Waals surface area contributed by atoms with Crippen LogP contribution in [0.1, 0.15) is 20.8 Å². The number of hydrogen-bond donors (Lipinski definition) is 0. The van der Waals surface area contributed by atoms with E-state index in [4.69, 9.17) is 0 Å². The molecule has 0 aliphatic carbocycles. The van der Waals surface area contributed by atoms with Crippen LogP contribution >= 0.6 is 0 Å². The minimum atomic E-state index is -5.46. The summed E-state index contributed by atoms with van der Waals surface area (Å²) in [4.78, 5) is 0. The van der Waals surface area contributed by atoms with Crippen LogP contribution in [0, 0.1) is 0 Å². The molecule has 0 N–H and O–H groups in total. The molecule has 0 aliphatic heterocycles. The van der Waals surface area contributed by atoms with Gasteiger partial charge in [-0.3, -0.25) is 4.18 Å². The molecule has 0 atom stereocenters. The van der Waals surface area contributed by atoms with E-state index >= 15 is 0 Å². The molecule has 0 aromatic rings. The Hall–Kier alpha value is -0.0831. The van der Waals surface area contributed by atoms with Crippen molar-refractivity contribution in [1.29, 1.82) is 0 Å². The van der Waals surface area contributed by atoms with Crippen LogP contribution in [0.15, 0.2) is 0 Å². The zero-order valence-electron chi connectivity index (χ0n) is 9.47. The summed E-state index contributed by atoms with van der Waals surface area (Å²) in [6.45, 7) is 8.18. The van der Waals surface area contributed by atoms with Gasteiger partial charge in [-0.25, -0.2) is 0 Å². The lowest BCUT2D eigenvalue weighted by molar-refractivity contribution is -0.0612. The van der Waals surface area contributed by atoms with Crippen molar-refractivity contribution >= 4 is 19.6 Å². The molecule has 15 heavy (non-hydrogen) atoms. The molecule has 0 heterocycles. The smallest absolute Gasteiger partial charge is 0.257 e. The zero-order chi connectivity index (χ0) is 12.9. The second-order valence-corrected chi connectivity index (χ2v) is 6.75. The van der Waals surface area contributed by atoms with Crippen molar-refractivity contribution in [3.8, 4) is 0 Å². The first kappa shape index (κ1) is 17.3. The predicted octanol–water partition coefficient (Wildman–Crippen LogP) is 1.90. The molecule has 0 aromatic carbocycles. The predicted molar refractivity (Wildman–Crippen MR) is 56.1 cm³/mol. The van der Waals surface area contributed by atoms with E-state index in [1.165, 1.54) is 20.8 Å². The van der Waals surface area contributed by atoms with Crippen molar-refractivity contribution in [3.63, 3.8) is 0 Å². The minimum Gasteiger partial charge on any atom is -0.257 e. The van der Waals surface area contributed by atoms with Gasteiger partial charge < -0.3 is 0 Å². The van der Waals surface area contributed by atoms with E-state index in [0.29, 0.717) is 9.52 Å². The van der Waals surface area contributed by atoms with E-state index in [-0.39, 0.29) is 0 Å². The van der Waals surface area contributed by atoms with Crippen LogP contribution in [0.4, 0.5) is 13.2 Å². The van der Waals surface area contributed by atoms with Gasteiger partial charge in [0.05, 0.1) is 5.60 Å². The molecule has 0 fully saturated rings. The number of hydrogen-bond acceptors (Lipinski definition) is 3. The summed E-state index contributed by atoms with van der Waals surface area (Å²) < 4.78 is 59.4. The Morgan fingerprint density at radius 3 is 1.40 bits per heavy atom. The molecule has 0 amide bonds. The highest BCUT2D eigenvalue weighted by atomic mass is 32.2. The lowest BCUT2D eigenvalue weighted by Gasteiger charge is -2.19. The van der Waals surface area contributed by atoms with Crippen molar-refractivity contribution in [2.24, 2.45) is 0 Å². The normalized spacial score (nSPS) is 13.1. The quantitative estimate of drug-likeness (QED) is 0.413. The highest BCUT2D eigenvalue weighted by Crippen LogP contribution is 2.28. The summed E-state index contributed by atoms with van der Waals surface area (Å²) in [5, 5.41) is 0. The van der Waals surface area contributed by atoms with E-state index in [2.05, 4.69) is 17.3 Å². The highest BCUT2D eigenvalue weighted by molar-refractivity contribution is 7.87. The van der Waals surface area contributed by atoms with Crippen LogP contribution < -0.4 is 0 Å². The Balaban J connectivity index is 0. The van der Waals surface area contributed by atoms with Gasteiger partial charge in [0.1, 0.15) is 0 Å². The van der Waals surface area contributed by atoms with Crippen molar-refractivity contribution in [3.05, 3.63) is 0 Å². The van der Waals surface area contributed by atoms with Crippen molar-refractivity contribution in [1.82, 2.24) is 0 Å². The molecule has 0 radical (unpaired) electrons. The third-order valence-electron chi connectivity index (χ3n) is 0.643. The number of rotatable bonds is 1. The Kier molecular flexibility index (Phi) is 6.76. The van der Waals surface area contributed by atoms with Crippen LogP contribution in [-0.2, 0) is 14.3 Å². The first-order valence-corrected chi connectivity index (χ1v) is 8.63. The topological polar surface area (TPSA) is 43.4 Å². The Morgan fingerprint density at radius 1 is 1.07 bits per heavy atom. The minimum absolute atomic E-state index is 0.417. The maximum Gasteiger partial charge on any atom is 0.523 e. The molecule has 0 saturated carbocycles.